The average Bonchev–Trinajstić information content (AvgIpc) is 2.74. The van der Waals surface area contributed by atoms with Crippen LogP contribution in [0.4, 0.5) is 18.9 Å². The fourth-order valence-electron chi connectivity index (χ4n) is 2.19. The predicted molar refractivity (Wildman–Crippen MR) is 75.7 cm³/mol. The fraction of sp³-hybridized carbons (Fsp3) is 0.429. The quantitative estimate of drug-likeness (QED) is 0.910. The molecule has 1 aromatic rings. The number of hydrogen-bond acceptors (Lipinski definition) is 4. The first kappa shape index (κ1) is 16.3. The second-order valence-electron chi connectivity index (χ2n) is 5.39. The molecule has 1 aliphatic heterocycles. The summed E-state index contributed by atoms with van der Waals surface area (Å²) in [5, 5.41) is 13.6. The van der Waals surface area contributed by atoms with Gasteiger partial charge in [0.1, 0.15) is 0 Å². The van der Waals surface area contributed by atoms with E-state index in [2.05, 4.69) is 5.10 Å². The Morgan fingerprint density at radius 1 is 1.41 bits per heavy atom. The van der Waals surface area contributed by atoms with E-state index in [0.717, 1.165) is 0 Å². The Kier molecular flexibility index (Phi) is 3.90. The number of hydrazone groups is 1. The van der Waals surface area contributed by atoms with E-state index in [4.69, 9.17) is 0 Å². The van der Waals surface area contributed by atoms with Crippen LogP contribution >= 0.6 is 0 Å². The third-order valence-electron chi connectivity index (χ3n) is 3.38. The SMILES string of the molecule is CC1=NN(C(=O)c2cccc(N(C)C)c2)C(O)(C(F)(F)F)C1. The molecule has 0 spiro atoms. The van der Waals surface area contributed by atoms with Crippen LogP contribution in [-0.4, -0.2) is 47.7 Å². The van der Waals surface area contributed by atoms with Crippen molar-refractivity contribution in [2.75, 3.05) is 19.0 Å². The van der Waals surface area contributed by atoms with Gasteiger partial charge in [-0.1, -0.05) is 6.07 Å². The van der Waals surface area contributed by atoms with Gasteiger partial charge in [0.15, 0.2) is 0 Å². The molecule has 0 aliphatic carbocycles. The Labute approximate surface area is 125 Å². The number of rotatable bonds is 2. The zero-order valence-corrected chi connectivity index (χ0v) is 12.3. The number of hydrogen-bond donors (Lipinski definition) is 1. The number of aliphatic hydroxyl groups is 1. The van der Waals surface area contributed by atoms with Gasteiger partial charge in [0.25, 0.3) is 11.6 Å². The molecule has 22 heavy (non-hydrogen) atoms. The summed E-state index contributed by atoms with van der Waals surface area (Å²) in [4.78, 5) is 14.1. The molecule has 1 atom stereocenters. The average molecular weight is 315 g/mol. The van der Waals surface area contributed by atoms with Crippen molar-refractivity contribution in [2.24, 2.45) is 5.10 Å². The van der Waals surface area contributed by atoms with Gasteiger partial charge in [-0.05, 0) is 25.1 Å². The number of nitrogens with zero attached hydrogens (tertiary/aromatic N) is 3. The first-order chi connectivity index (χ1) is 10.1. The molecule has 0 aromatic heterocycles. The van der Waals surface area contributed by atoms with Crippen molar-refractivity contribution < 1.29 is 23.1 Å². The smallest absolute Gasteiger partial charge is 0.378 e. The molecular formula is C14H16F3N3O2. The van der Waals surface area contributed by atoms with E-state index in [1.54, 1.807) is 31.1 Å². The first-order valence-corrected chi connectivity index (χ1v) is 6.51. The summed E-state index contributed by atoms with van der Waals surface area (Å²) in [5.74, 6) is -1.000. The Hall–Kier alpha value is -2.09. The van der Waals surface area contributed by atoms with Gasteiger partial charge in [-0.2, -0.15) is 23.3 Å². The Bertz CT molecular complexity index is 628. The summed E-state index contributed by atoms with van der Waals surface area (Å²) in [5.41, 5.74) is -2.59. The third kappa shape index (κ3) is 2.66. The molecule has 0 bridgehead atoms. The Balaban J connectivity index is 2.41. The van der Waals surface area contributed by atoms with E-state index in [1.165, 1.54) is 19.1 Å². The maximum Gasteiger partial charge on any atom is 0.438 e. The van der Waals surface area contributed by atoms with E-state index in [0.29, 0.717) is 5.69 Å². The normalized spacial score (nSPS) is 21.8. The molecule has 1 amide bonds. The van der Waals surface area contributed by atoms with Crippen LogP contribution in [0.1, 0.15) is 23.7 Å². The first-order valence-electron chi connectivity index (χ1n) is 6.51. The van der Waals surface area contributed by atoms with Crippen LogP contribution in [-0.2, 0) is 0 Å². The summed E-state index contributed by atoms with van der Waals surface area (Å²) in [6, 6.07) is 6.10. The van der Waals surface area contributed by atoms with Crippen molar-refractivity contribution in [3.8, 4) is 0 Å². The molecule has 0 radical (unpaired) electrons. The Morgan fingerprint density at radius 2 is 2.05 bits per heavy atom. The van der Waals surface area contributed by atoms with Crippen LogP contribution in [0.5, 0.6) is 0 Å². The highest BCUT2D eigenvalue weighted by atomic mass is 19.4. The van der Waals surface area contributed by atoms with Gasteiger partial charge in [-0.25, -0.2) is 0 Å². The van der Waals surface area contributed by atoms with Gasteiger partial charge in [-0.3, -0.25) is 4.79 Å². The van der Waals surface area contributed by atoms with Crippen LogP contribution in [0.2, 0.25) is 0 Å². The highest BCUT2D eigenvalue weighted by Crippen LogP contribution is 2.40. The molecular weight excluding hydrogens is 299 g/mol. The highest BCUT2D eigenvalue weighted by Gasteiger charge is 2.62. The zero-order valence-electron chi connectivity index (χ0n) is 12.3. The number of anilines is 1. The largest absolute Gasteiger partial charge is 0.438 e. The van der Waals surface area contributed by atoms with Crippen molar-refractivity contribution in [3.63, 3.8) is 0 Å². The minimum atomic E-state index is -5.00. The van der Waals surface area contributed by atoms with E-state index in [9.17, 15) is 23.1 Å². The predicted octanol–water partition coefficient (Wildman–Crippen LogP) is 2.23. The fourth-order valence-corrected chi connectivity index (χ4v) is 2.19. The summed E-state index contributed by atoms with van der Waals surface area (Å²) in [6.07, 6.45) is -5.75. The standard InChI is InChI=1S/C14H16F3N3O2/c1-9-8-13(22,14(15,16)17)20(18-9)12(21)10-5-4-6-11(7-10)19(2)3/h4-7,22H,8H2,1-3H3. The van der Waals surface area contributed by atoms with Crippen LogP contribution < -0.4 is 4.90 Å². The van der Waals surface area contributed by atoms with Crippen LogP contribution in [0.15, 0.2) is 29.4 Å². The minimum Gasteiger partial charge on any atom is -0.378 e. The third-order valence-corrected chi connectivity index (χ3v) is 3.38. The molecule has 2 rings (SSSR count). The van der Waals surface area contributed by atoms with Gasteiger partial charge in [-0.15, -0.1) is 0 Å². The monoisotopic (exact) mass is 315 g/mol. The maximum absolute atomic E-state index is 13.1. The number of alkyl halides is 3. The molecule has 0 saturated heterocycles. The lowest BCUT2D eigenvalue weighted by molar-refractivity contribution is -0.297. The van der Waals surface area contributed by atoms with Crippen LogP contribution in [0, 0.1) is 0 Å². The lowest BCUT2D eigenvalue weighted by Crippen LogP contribution is -2.56. The van der Waals surface area contributed by atoms with Crippen LogP contribution in [0.25, 0.3) is 0 Å². The number of halogens is 3. The van der Waals surface area contributed by atoms with Crippen molar-refractivity contribution in [1.29, 1.82) is 0 Å². The van der Waals surface area contributed by atoms with E-state index in [-0.39, 0.29) is 16.3 Å². The van der Waals surface area contributed by atoms with Crippen molar-refractivity contribution in [1.82, 2.24) is 5.01 Å². The van der Waals surface area contributed by atoms with Crippen molar-refractivity contribution in [3.05, 3.63) is 29.8 Å². The molecule has 0 saturated carbocycles. The number of benzene rings is 1. The van der Waals surface area contributed by atoms with Gasteiger partial charge in [0.05, 0.1) is 0 Å². The summed E-state index contributed by atoms with van der Waals surface area (Å²) < 4.78 is 39.4. The zero-order chi connectivity index (χ0) is 16.7. The molecule has 8 heteroatoms. The molecule has 0 fully saturated rings. The van der Waals surface area contributed by atoms with Crippen molar-refractivity contribution >= 4 is 17.3 Å². The van der Waals surface area contributed by atoms with Crippen molar-refractivity contribution in [2.45, 2.75) is 25.2 Å². The second kappa shape index (κ2) is 5.28. The number of carbonyl (C=O) groups excluding carboxylic acids is 1. The van der Waals surface area contributed by atoms with Gasteiger partial charge < -0.3 is 10.0 Å². The van der Waals surface area contributed by atoms with E-state index >= 15 is 0 Å². The molecule has 1 aliphatic rings. The molecule has 5 nitrogen and oxygen atoms in total. The summed E-state index contributed by atoms with van der Waals surface area (Å²) in [7, 11) is 3.49. The molecule has 1 heterocycles. The topological polar surface area (TPSA) is 56.1 Å². The number of amides is 1. The van der Waals surface area contributed by atoms with Gasteiger partial charge >= 0.3 is 6.18 Å². The highest BCUT2D eigenvalue weighted by molar-refractivity contribution is 5.98. The lowest BCUT2D eigenvalue weighted by Gasteiger charge is -2.32. The van der Waals surface area contributed by atoms with Gasteiger partial charge in [0, 0.05) is 37.5 Å². The second-order valence-corrected chi connectivity index (χ2v) is 5.39. The maximum atomic E-state index is 13.1. The molecule has 1 N–H and O–H groups in total. The van der Waals surface area contributed by atoms with E-state index in [1.807, 2.05) is 0 Å². The number of carbonyl (C=O) groups is 1. The molecule has 1 unspecified atom stereocenters. The minimum absolute atomic E-state index is 0.0207. The van der Waals surface area contributed by atoms with Gasteiger partial charge in [0.2, 0.25) is 0 Å². The summed E-state index contributed by atoms with van der Waals surface area (Å²) in [6.45, 7) is 1.33. The van der Waals surface area contributed by atoms with Crippen LogP contribution in [0.3, 0.4) is 0 Å². The molecule has 120 valence electrons. The summed E-state index contributed by atoms with van der Waals surface area (Å²) >= 11 is 0. The van der Waals surface area contributed by atoms with E-state index < -0.39 is 24.2 Å². The molecule has 1 aromatic carbocycles. The lowest BCUT2D eigenvalue weighted by atomic mass is 10.1. The Morgan fingerprint density at radius 3 is 2.59 bits per heavy atom.